The van der Waals surface area contributed by atoms with E-state index in [1.54, 1.807) is 12.1 Å². The van der Waals surface area contributed by atoms with E-state index in [2.05, 4.69) is 44.2 Å². The van der Waals surface area contributed by atoms with Gasteiger partial charge in [-0.05, 0) is 73.6 Å². The largest absolute Gasteiger partial charge is 0.508 e. The van der Waals surface area contributed by atoms with Gasteiger partial charge in [0.15, 0.2) is 5.11 Å². The molecule has 0 bridgehead atoms. The number of hydrogen-bond acceptors (Lipinski definition) is 3. The fraction of sp³-hybridized carbons (Fsp3) is 0.304. The maximum atomic E-state index is 9.75. The number of rotatable bonds is 4. The first-order chi connectivity index (χ1) is 14.2. The van der Waals surface area contributed by atoms with Crippen LogP contribution in [0.1, 0.15) is 55.2 Å². The van der Waals surface area contributed by atoms with E-state index < -0.39 is 0 Å². The molecule has 1 aliphatic heterocycles. The standard InChI is InChI=1S/C23H24N4OS/c28-18-12-10-17(11-13-18)27-22(20-9-5-15-26(20)16-6-1-2-7-16)21(25-23(27)29)19-8-3-4-14-24-19/h3-5,8-16,21-22,28H,1-2,6-7H2,(H,25,29)/t21-,22-/m1/s1. The quantitative estimate of drug-likeness (QED) is 0.607. The summed E-state index contributed by atoms with van der Waals surface area (Å²) in [4.78, 5) is 6.79. The SMILES string of the molecule is Oc1ccc(N2C(=S)N[C@H](c3ccccn3)[C@H]2c2cccn2C2CCCC2)cc1. The van der Waals surface area contributed by atoms with E-state index in [4.69, 9.17) is 12.2 Å². The van der Waals surface area contributed by atoms with Crippen LogP contribution in [0.4, 0.5) is 5.69 Å². The molecular weight excluding hydrogens is 380 g/mol. The van der Waals surface area contributed by atoms with Gasteiger partial charge >= 0.3 is 0 Å². The monoisotopic (exact) mass is 404 g/mol. The van der Waals surface area contributed by atoms with E-state index in [0.29, 0.717) is 11.2 Å². The molecule has 2 aromatic heterocycles. The number of aromatic nitrogens is 2. The van der Waals surface area contributed by atoms with Crippen molar-refractivity contribution in [3.05, 3.63) is 78.4 Å². The van der Waals surface area contributed by atoms with Crippen molar-refractivity contribution in [3.8, 4) is 5.75 Å². The van der Waals surface area contributed by atoms with Gasteiger partial charge < -0.3 is 19.9 Å². The average Bonchev–Trinajstić information content (AvgIpc) is 3.48. The van der Waals surface area contributed by atoms with E-state index in [1.807, 2.05) is 30.5 Å². The Morgan fingerprint density at radius 1 is 1.00 bits per heavy atom. The topological polar surface area (TPSA) is 53.3 Å². The summed E-state index contributed by atoms with van der Waals surface area (Å²) in [5, 5.41) is 13.9. The molecule has 0 radical (unpaired) electrons. The van der Waals surface area contributed by atoms with Gasteiger partial charge in [-0.25, -0.2) is 0 Å². The number of nitrogens with one attached hydrogen (secondary N) is 1. The van der Waals surface area contributed by atoms with Gasteiger partial charge in [-0.1, -0.05) is 18.9 Å². The van der Waals surface area contributed by atoms with Crippen LogP contribution in [0.3, 0.4) is 0 Å². The number of aromatic hydroxyl groups is 1. The van der Waals surface area contributed by atoms with E-state index in [0.717, 1.165) is 11.4 Å². The maximum absolute atomic E-state index is 9.75. The third kappa shape index (κ3) is 3.27. The Morgan fingerprint density at radius 2 is 1.79 bits per heavy atom. The van der Waals surface area contributed by atoms with Crippen LogP contribution in [0.5, 0.6) is 5.75 Å². The van der Waals surface area contributed by atoms with E-state index in [9.17, 15) is 5.11 Å². The Hall–Kier alpha value is -2.86. The van der Waals surface area contributed by atoms with Crippen LogP contribution in [0.15, 0.2) is 67.0 Å². The first kappa shape index (κ1) is 18.2. The predicted molar refractivity (Wildman–Crippen MR) is 118 cm³/mol. The van der Waals surface area contributed by atoms with Gasteiger partial charge in [0.05, 0.1) is 11.7 Å². The smallest absolute Gasteiger partial charge is 0.174 e. The van der Waals surface area contributed by atoms with E-state index >= 15 is 0 Å². The minimum atomic E-state index is -0.0486. The molecule has 1 aromatic carbocycles. The Bertz CT molecular complexity index is 995. The maximum Gasteiger partial charge on any atom is 0.174 e. The van der Waals surface area contributed by atoms with Crippen LogP contribution in [0.25, 0.3) is 0 Å². The number of phenols is 1. The van der Waals surface area contributed by atoms with Gasteiger partial charge in [0.25, 0.3) is 0 Å². The first-order valence-electron chi connectivity index (χ1n) is 10.2. The highest BCUT2D eigenvalue weighted by Crippen LogP contribution is 2.43. The van der Waals surface area contributed by atoms with E-state index in [1.165, 1.54) is 31.4 Å². The predicted octanol–water partition coefficient (Wildman–Crippen LogP) is 4.88. The molecule has 2 atom stereocenters. The molecule has 2 fully saturated rings. The lowest BCUT2D eigenvalue weighted by Gasteiger charge is -2.30. The van der Waals surface area contributed by atoms with Crippen LogP contribution in [0, 0.1) is 0 Å². The molecule has 5 rings (SSSR count). The van der Waals surface area contributed by atoms with Gasteiger partial charge in [-0.3, -0.25) is 4.98 Å². The lowest BCUT2D eigenvalue weighted by Crippen LogP contribution is -2.30. The summed E-state index contributed by atoms with van der Waals surface area (Å²) in [5.74, 6) is 0.249. The Labute approximate surface area is 176 Å². The van der Waals surface area contributed by atoms with E-state index in [-0.39, 0.29) is 17.8 Å². The molecule has 2 N–H and O–H groups in total. The lowest BCUT2D eigenvalue weighted by molar-refractivity contribution is 0.461. The molecule has 0 amide bonds. The summed E-state index contributed by atoms with van der Waals surface area (Å²) in [6.45, 7) is 0. The van der Waals surface area contributed by atoms with Crippen molar-refractivity contribution in [2.24, 2.45) is 0 Å². The molecule has 1 saturated carbocycles. The number of nitrogens with zero attached hydrogens (tertiary/aromatic N) is 3. The van der Waals surface area contributed by atoms with Crippen molar-refractivity contribution in [3.63, 3.8) is 0 Å². The lowest BCUT2D eigenvalue weighted by atomic mass is 10.00. The first-order valence-corrected chi connectivity index (χ1v) is 10.6. The number of phenolic OH excluding ortho intramolecular Hbond substituents is 1. The second-order valence-corrected chi connectivity index (χ2v) is 8.18. The van der Waals surface area contributed by atoms with Crippen LogP contribution in [-0.4, -0.2) is 19.8 Å². The molecule has 3 heterocycles. The molecule has 29 heavy (non-hydrogen) atoms. The molecular formula is C23H24N4OS. The normalized spacial score (nSPS) is 22.2. The molecule has 5 nitrogen and oxygen atoms in total. The Kier molecular flexibility index (Phi) is 4.72. The second-order valence-electron chi connectivity index (χ2n) is 7.79. The van der Waals surface area contributed by atoms with Gasteiger partial charge in [-0.2, -0.15) is 0 Å². The number of thiocarbonyl (C=S) groups is 1. The molecule has 6 heteroatoms. The van der Waals surface area contributed by atoms with Crippen LogP contribution < -0.4 is 10.2 Å². The molecule has 1 aliphatic carbocycles. The summed E-state index contributed by atoms with van der Waals surface area (Å²) in [7, 11) is 0. The summed E-state index contributed by atoms with van der Waals surface area (Å²) in [6, 6.07) is 18.1. The van der Waals surface area contributed by atoms with Crippen molar-refractivity contribution in [1.82, 2.24) is 14.9 Å². The number of pyridine rings is 1. The number of hydrogen-bond donors (Lipinski definition) is 2. The fourth-order valence-electron chi connectivity index (χ4n) is 4.72. The number of anilines is 1. The minimum absolute atomic E-state index is 0.0162. The summed E-state index contributed by atoms with van der Waals surface area (Å²) in [5.41, 5.74) is 3.18. The zero-order valence-corrected chi connectivity index (χ0v) is 16.9. The van der Waals surface area contributed by atoms with Crippen molar-refractivity contribution in [2.75, 3.05) is 4.90 Å². The van der Waals surface area contributed by atoms with Crippen molar-refractivity contribution in [2.45, 2.75) is 43.8 Å². The van der Waals surface area contributed by atoms with Crippen LogP contribution in [-0.2, 0) is 0 Å². The molecule has 0 unspecified atom stereocenters. The Balaban J connectivity index is 1.62. The Morgan fingerprint density at radius 3 is 2.52 bits per heavy atom. The van der Waals surface area contributed by atoms with Crippen molar-refractivity contribution >= 4 is 23.0 Å². The highest BCUT2D eigenvalue weighted by atomic mass is 32.1. The zero-order chi connectivity index (χ0) is 19.8. The summed E-state index contributed by atoms with van der Waals surface area (Å²) >= 11 is 5.78. The van der Waals surface area contributed by atoms with Crippen LogP contribution >= 0.6 is 12.2 Å². The highest BCUT2D eigenvalue weighted by molar-refractivity contribution is 7.80. The van der Waals surface area contributed by atoms with Gasteiger partial charge in [-0.15, -0.1) is 0 Å². The van der Waals surface area contributed by atoms with Gasteiger partial charge in [0.2, 0.25) is 0 Å². The molecule has 2 aliphatic rings. The molecule has 1 saturated heterocycles. The number of benzene rings is 1. The van der Waals surface area contributed by atoms with Crippen molar-refractivity contribution in [1.29, 1.82) is 0 Å². The minimum Gasteiger partial charge on any atom is -0.508 e. The average molecular weight is 405 g/mol. The summed E-state index contributed by atoms with van der Waals surface area (Å²) in [6.07, 6.45) is 9.05. The molecule has 3 aromatic rings. The summed E-state index contributed by atoms with van der Waals surface area (Å²) < 4.78 is 2.44. The zero-order valence-electron chi connectivity index (χ0n) is 16.1. The second kappa shape index (κ2) is 7.52. The third-order valence-corrected chi connectivity index (χ3v) is 6.37. The molecule has 148 valence electrons. The molecule has 0 spiro atoms. The fourth-order valence-corrected chi connectivity index (χ4v) is 5.07. The van der Waals surface area contributed by atoms with Crippen LogP contribution in [0.2, 0.25) is 0 Å². The highest BCUT2D eigenvalue weighted by Gasteiger charge is 2.42. The van der Waals surface area contributed by atoms with Gasteiger partial charge in [0, 0.05) is 29.8 Å². The third-order valence-electron chi connectivity index (χ3n) is 6.06. The van der Waals surface area contributed by atoms with Crippen molar-refractivity contribution < 1.29 is 5.11 Å². The van der Waals surface area contributed by atoms with Gasteiger partial charge in [0.1, 0.15) is 11.8 Å².